The smallest absolute Gasteiger partial charge is 0.319 e. The van der Waals surface area contributed by atoms with E-state index in [0.717, 1.165) is 51.7 Å². The van der Waals surface area contributed by atoms with Crippen LogP contribution in [0.2, 0.25) is 5.15 Å². The fourth-order valence-corrected chi connectivity index (χ4v) is 5.96. The third-order valence-electron chi connectivity index (χ3n) is 7.36. The van der Waals surface area contributed by atoms with Gasteiger partial charge in [-0.05, 0) is 32.2 Å². The van der Waals surface area contributed by atoms with Crippen molar-refractivity contribution in [2.45, 2.75) is 50.2 Å². The lowest BCUT2D eigenvalue weighted by atomic mass is 9.95. The van der Waals surface area contributed by atoms with Gasteiger partial charge in [-0.1, -0.05) is 18.0 Å². The molecule has 0 unspecified atom stereocenters. The van der Waals surface area contributed by atoms with Crippen molar-refractivity contribution in [3.05, 3.63) is 11.0 Å². The number of aromatic nitrogens is 3. The molecule has 0 radical (unpaired) electrons. The molecule has 0 amide bonds. The molecule has 4 aliphatic heterocycles. The molecular weight excluding hydrogens is 454 g/mol. The largest absolute Gasteiger partial charge is 0.476 e. The Hall–Kier alpha value is -2.04. The topological polar surface area (TPSA) is 66.9 Å². The number of pyridine rings is 1. The Balaban J connectivity index is 1.43. The summed E-state index contributed by atoms with van der Waals surface area (Å²) in [5.41, 5.74) is -0.313. The van der Waals surface area contributed by atoms with Crippen molar-refractivity contribution in [2.24, 2.45) is 0 Å². The fraction of sp³-hybridized carbons (Fsp3) is 0.682. The van der Waals surface area contributed by atoms with Gasteiger partial charge in [0.15, 0.2) is 16.8 Å². The first-order chi connectivity index (χ1) is 16.0. The number of hydrogen-bond donors (Lipinski definition) is 0. The van der Waals surface area contributed by atoms with Crippen molar-refractivity contribution >= 4 is 28.3 Å². The van der Waals surface area contributed by atoms with Crippen LogP contribution in [0, 0.1) is 5.82 Å². The third-order valence-corrected chi connectivity index (χ3v) is 7.61. The van der Waals surface area contributed by atoms with Crippen LogP contribution in [0.25, 0.3) is 10.9 Å². The van der Waals surface area contributed by atoms with E-state index in [9.17, 15) is 4.39 Å². The van der Waals surface area contributed by atoms with Gasteiger partial charge in [0.1, 0.15) is 30.3 Å². The summed E-state index contributed by atoms with van der Waals surface area (Å²) in [5, 5.41) is 4.38. The zero-order valence-electron chi connectivity index (χ0n) is 18.4. The first kappa shape index (κ1) is 21.5. The molecule has 3 saturated heterocycles. The highest BCUT2D eigenvalue weighted by Gasteiger charge is 2.49. The second kappa shape index (κ2) is 8.32. The molecule has 8 nitrogen and oxygen atoms in total. The molecule has 4 aliphatic rings. The summed E-state index contributed by atoms with van der Waals surface area (Å²) in [6.07, 6.45) is 4.64. The molecule has 0 aliphatic carbocycles. The molecule has 33 heavy (non-hydrogen) atoms. The molecule has 3 fully saturated rings. The van der Waals surface area contributed by atoms with Crippen LogP contribution in [0.3, 0.4) is 0 Å². The molecule has 0 aromatic carbocycles. The van der Waals surface area contributed by atoms with Gasteiger partial charge in [-0.2, -0.15) is 15.0 Å². The Bertz CT molecular complexity index is 1080. The third kappa shape index (κ3) is 3.66. The average molecular weight is 481 g/mol. The molecule has 0 bridgehead atoms. The Morgan fingerprint density at radius 2 is 1.97 bits per heavy atom. The zero-order chi connectivity index (χ0) is 22.6. The van der Waals surface area contributed by atoms with Crippen LogP contribution in [0.5, 0.6) is 11.9 Å². The zero-order valence-corrected chi connectivity index (χ0v) is 19.2. The van der Waals surface area contributed by atoms with E-state index in [1.807, 2.05) is 0 Å². The fourth-order valence-electron chi connectivity index (χ4n) is 5.79. The maximum atomic E-state index is 15.2. The number of nitrogens with zero attached hydrogens (tertiary/aromatic N) is 6. The summed E-state index contributed by atoms with van der Waals surface area (Å²) in [6.45, 7) is 4.25. The van der Waals surface area contributed by atoms with Gasteiger partial charge >= 0.3 is 6.01 Å². The summed E-state index contributed by atoms with van der Waals surface area (Å²) in [4.78, 5) is 15.4. The molecule has 6 heterocycles. The quantitative estimate of drug-likeness (QED) is 0.619. The second-order valence-electron chi connectivity index (χ2n) is 9.43. The van der Waals surface area contributed by atoms with Crippen molar-refractivity contribution in [3.8, 4) is 11.9 Å². The average Bonchev–Trinajstić information content (AvgIpc) is 3.20. The van der Waals surface area contributed by atoms with E-state index in [4.69, 9.17) is 26.1 Å². The maximum Gasteiger partial charge on any atom is 0.319 e. The van der Waals surface area contributed by atoms with Gasteiger partial charge in [0.05, 0.1) is 12.1 Å². The molecule has 178 valence electrons. The standard InChI is InChI=1S/C22H27ClF2N6O2/c23-18-16(25)17-15-19(31-8-3-1-2-7-30(31)9-10-32-20(15)27-18)28-21(26-17)33-13-22-5-4-6-29(22)12-14(24)11-22/h14H,1-13H2/t14-,22+/m1/s1. The van der Waals surface area contributed by atoms with Gasteiger partial charge in [0, 0.05) is 26.1 Å². The predicted octanol–water partition coefficient (Wildman–Crippen LogP) is 3.37. The monoisotopic (exact) mass is 480 g/mol. The van der Waals surface area contributed by atoms with Gasteiger partial charge in [0.2, 0.25) is 5.88 Å². The van der Waals surface area contributed by atoms with E-state index in [-0.39, 0.29) is 34.7 Å². The van der Waals surface area contributed by atoms with Crippen LogP contribution < -0.4 is 14.5 Å². The highest BCUT2D eigenvalue weighted by Crippen LogP contribution is 2.42. The van der Waals surface area contributed by atoms with E-state index in [0.29, 0.717) is 37.3 Å². The van der Waals surface area contributed by atoms with Crippen molar-refractivity contribution in [3.63, 3.8) is 0 Å². The van der Waals surface area contributed by atoms with Crippen molar-refractivity contribution in [1.82, 2.24) is 24.9 Å². The van der Waals surface area contributed by atoms with Gasteiger partial charge in [-0.15, -0.1) is 0 Å². The number of ether oxygens (including phenoxy) is 2. The Labute approximate surface area is 195 Å². The van der Waals surface area contributed by atoms with Gasteiger partial charge in [-0.3, -0.25) is 9.91 Å². The number of alkyl halides is 1. The number of hydrazine groups is 1. The number of rotatable bonds is 3. The molecule has 6 rings (SSSR count). The Kier molecular flexibility index (Phi) is 5.42. The summed E-state index contributed by atoms with van der Waals surface area (Å²) >= 11 is 6.09. The van der Waals surface area contributed by atoms with Crippen LogP contribution in [0.1, 0.15) is 38.5 Å². The van der Waals surface area contributed by atoms with Gasteiger partial charge in [-0.25, -0.2) is 13.8 Å². The normalized spacial score (nSPS) is 28.1. The first-order valence-electron chi connectivity index (χ1n) is 11.8. The van der Waals surface area contributed by atoms with Crippen LogP contribution in [0.15, 0.2) is 0 Å². The Morgan fingerprint density at radius 1 is 1.09 bits per heavy atom. The van der Waals surface area contributed by atoms with E-state index in [1.165, 1.54) is 0 Å². The maximum absolute atomic E-state index is 15.2. The molecule has 2 atom stereocenters. The number of hydrogen-bond acceptors (Lipinski definition) is 8. The molecule has 2 aromatic heterocycles. The summed E-state index contributed by atoms with van der Waals surface area (Å²) in [7, 11) is 0. The highest BCUT2D eigenvalue weighted by molar-refractivity contribution is 6.30. The van der Waals surface area contributed by atoms with Gasteiger partial charge in [0.25, 0.3) is 0 Å². The number of fused-ring (bicyclic) bond motifs is 3. The molecule has 0 N–H and O–H groups in total. The molecular formula is C22H27ClF2N6O2. The molecule has 0 spiro atoms. The number of halogens is 3. The van der Waals surface area contributed by atoms with E-state index in [2.05, 4.69) is 24.9 Å². The molecule has 2 aromatic rings. The van der Waals surface area contributed by atoms with Crippen molar-refractivity contribution in [1.29, 1.82) is 0 Å². The van der Waals surface area contributed by atoms with E-state index < -0.39 is 12.0 Å². The van der Waals surface area contributed by atoms with Crippen molar-refractivity contribution in [2.75, 3.05) is 50.9 Å². The SMILES string of the molecule is Fc1c(Cl)nc2c3c(nc(OC[C@@]45CCCN4C[C@H](F)C5)nc13)N1CCCCCN1CCO2. The van der Waals surface area contributed by atoms with Crippen LogP contribution in [-0.2, 0) is 0 Å². The number of anilines is 1. The van der Waals surface area contributed by atoms with E-state index >= 15 is 4.39 Å². The highest BCUT2D eigenvalue weighted by atomic mass is 35.5. The van der Waals surface area contributed by atoms with Crippen molar-refractivity contribution < 1.29 is 18.3 Å². The minimum atomic E-state index is -0.854. The van der Waals surface area contributed by atoms with Crippen LogP contribution in [-0.4, -0.2) is 82.5 Å². The molecule has 0 saturated carbocycles. The van der Waals surface area contributed by atoms with Gasteiger partial charge < -0.3 is 9.47 Å². The summed E-state index contributed by atoms with van der Waals surface area (Å²) in [6, 6.07) is 0.0675. The lowest BCUT2D eigenvalue weighted by Gasteiger charge is -2.36. The van der Waals surface area contributed by atoms with Crippen LogP contribution >= 0.6 is 11.6 Å². The first-order valence-corrected chi connectivity index (χ1v) is 12.2. The summed E-state index contributed by atoms with van der Waals surface area (Å²) < 4.78 is 41.3. The lowest BCUT2D eigenvalue weighted by molar-refractivity contribution is 0.107. The molecule has 11 heteroatoms. The minimum absolute atomic E-state index is 0.0339. The van der Waals surface area contributed by atoms with Crippen LogP contribution in [0.4, 0.5) is 14.6 Å². The van der Waals surface area contributed by atoms with E-state index in [1.54, 1.807) is 0 Å². The predicted molar refractivity (Wildman–Crippen MR) is 119 cm³/mol. The summed E-state index contributed by atoms with van der Waals surface area (Å²) in [5.74, 6) is 0.0310. The lowest BCUT2D eigenvalue weighted by Crippen LogP contribution is -2.46. The Morgan fingerprint density at radius 3 is 2.88 bits per heavy atom. The second-order valence-corrected chi connectivity index (χ2v) is 9.78. The minimum Gasteiger partial charge on any atom is -0.476 e.